The number of nitrogens with one attached hydrogen (secondary N) is 1. The third kappa shape index (κ3) is 4.31. The zero-order valence-corrected chi connectivity index (χ0v) is 12.8. The maximum Gasteiger partial charge on any atom is 0.237 e. The fourth-order valence-corrected chi connectivity index (χ4v) is 3.03. The lowest BCUT2D eigenvalue weighted by Gasteiger charge is -2.12. The van der Waals surface area contributed by atoms with E-state index >= 15 is 0 Å². The number of phenolic OH excluding ortho intramolecular Hbond substituents is 1. The number of carbonyl (C=O) groups excluding carboxylic acids is 1. The Balaban J connectivity index is 1.86. The molecule has 112 valence electrons. The number of rotatable bonds is 6. The average Bonchev–Trinajstić information content (AvgIpc) is 2.94. The number of aromatic hydroxyl groups is 1. The van der Waals surface area contributed by atoms with Gasteiger partial charge >= 0.3 is 0 Å². The molecule has 1 atom stereocenters. The number of phenols is 1. The summed E-state index contributed by atoms with van der Waals surface area (Å²) in [6.45, 7) is 2.63. The monoisotopic (exact) mass is 304 g/mol. The molecule has 0 aliphatic carbocycles. The maximum atomic E-state index is 12.0. The van der Waals surface area contributed by atoms with Gasteiger partial charge in [-0.05, 0) is 47.5 Å². The topological polar surface area (TPSA) is 75.4 Å². The van der Waals surface area contributed by atoms with Crippen molar-refractivity contribution < 1.29 is 9.90 Å². The summed E-state index contributed by atoms with van der Waals surface area (Å²) in [5.74, 6) is 0.0556. The van der Waals surface area contributed by atoms with Crippen molar-refractivity contribution in [2.45, 2.75) is 32.4 Å². The molecule has 0 radical (unpaired) electrons. The Bertz CT molecular complexity index is 593. The first kappa shape index (κ1) is 15.5. The largest absolute Gasteiger partial charge is 0.508 e. The number of carbonyl (C=O) groups is 1. The number of nitrogens with two attached hydrogens (primary N) is 1. The van der Waals surface area contributed by atoms with Crippen LogP contribution in [-0.4, -0.2) is 17.1 Å². The third-order valence-corrected chi connectivity index (χ3v) is 4.33. The van der Waals surface area contributed by atoms with Gasteiger partial charge in [-0.1, -0.05) is 19.1 Å². The Morgan fingerprint density at radius 3 is 2.71 bits per heavy atom. The summed E-state index contributed by atoms with van der Waals surface area (Å²) in [6, 6.07) is 8.24. The number of hydrogen-bond acceptors (Lipinski definition) is 4. The van der Waals surface area contributed by atoms with E-state index in [9.17, 15) is 9.90 Å². The summed E-state index contributed by atoms with van der Waals surface area (Å²) in [5, 5.41) is 14.2. The molecule has 1 aromatic heterocycles. The molecule has 0 unspecified atom stereocenters. The van der Waals surface area contributed by atoms with Crippen molar-refractivity contribution in [1.29, 1.82) is 0 Å². The van der Waals surface area contributed by atoms with Crippen molar-refractivity contribution in [3.05, 3.63) is 51.7 Å². The molecule has 2 rings (SSSR count). The highest BCUT2D eigenvalue weighted by Crippen LogP contribution is 2.17. The first-order valence-electron chi connectivity index (χ1n) is 6.96. The second-order valence-corrected chi connectivity index (χ2v) is 5.92. The zero-order chi connectivity index (χ0) is 15.2. The lowest BCUT2D eigenvalue weighted by atomic mass is 10.1. The molecule has 21 heavy (non-hydrogen) atoms. The van der Waals surface area contributed by atoms with Crippen LogP contribution in [0.25, 0.3) is 0 Å². The van der Waals surface area contributed by atoms with Crippen LogP contribution in [0.5, 0.6) is 5.75 Å². The van der Waals surface area contributed by atoms with Gasteiger partial charge in [-0.3, -0.25) is 4.79 Å². The average molecular weight is 304 g/mol. The molecule has 0 aliphatic rings. The van der Waals surface area contributed by atoms with Crippen molar-refractivity contribution in [3.8, 4) is 5.75 Å². The number of hydrogen-bond donors (Lipinski definition) is 3. The van der Waals surface area contributed by atoms with E-state index in [0.717, 1.165) is 12.0 Å². The Hall–Kier alpha value is -1.85. The van der Waals surface area contributed by atoms with Crippen LogP contribution >= 0.6 is 11.3 Å². The highest BCUT2D eigenvalue weighted by molar-refractivity contribution is 7.10. The van der Waals surface area contributed by atoms with Gasteiger partial charge in [0.05, 0.1) is 12.6 Å². The number of aryl methyl sites for hydroxylation is 1. The van der Waals surface area contributed by atoms with Crippen LogP contribution < -0.4 is 11.1 Å². The minimum atomic E-state index is -0.584. The van der Waals surface area contributed by atoms with Gasteiger partial charge in [0.2, 0.25) is 5.91 Å². The minimum absolute atomic E-state index is 0.154. The maximum absolute atomic E-state index is 12.0. The van der Waals surface area contributed by atoms with Crippen molar-refractivity contribution in [1.82, 2.24) is 5.32 Å². The molecule has 2 aromatic rings. The van der Waals surface area contributed by atoms with Crippen LogP contribution in [-0.2, 0) is 24.2 Å². The minimum Gasteiger partial charge on any atom is -0.508 e. The van der Waals surface area contributed by atoms with E-state index in [1.54, 1.807) is 35.6 Å². The second-order valence-electron chi connectivity index (χ2n) is 4.92. The van der Waals surface area contributed by atoms with Gasteiger partial charge < -0.3 is 16.2 Å². The summed E-state index contributed by atoms with van der Waals surface area (Å²) in [6.07, 6.45) is 1.42. The lowest BCUT2D eigenvalue weighted by molar-refractivity contribution is -0.122. The molecule has 0 aliphatic heterocycles. The van der Waals surface area contributed by atoms with E-state index in [4.69, 9.17) is 5.73 Å². The highest BCUT2D eigenvalue weighted by Gasteiger charge is 2.14. The lowest BCUT2D eigenvalue weighted by Crippen LogP contribution is -2.41. The van der Waals surface area contributed by atoms with E-state index < -0.39 is 6.04 Å². The molecule has 0 saturated carbocycles. The van der Waals surface area contributed by atoms with E-state index in [1.165, 1.54) is 10.4 Å². The fraction of sp³-hybridized carbons (Fsp3) is 0.312. The van der Waals surface area contributed by atoms with Gasteiger partial charge in [-0.15, -0.1) is 11.3 Å². The van der Waals surface area contributed by atoms with Crippen LogP contribution in [0.15, 0.2) is 35.7 Å². The second kappa shape index (κ2) is 7.24. The van der Waals surface area contributed by atoms with Gasteiger partial charge in [0, 0.05) is 4.88 Å². The van der Waals surface area contributed by atoms with Gasteiger partial charge in [0.25, 0.3) is 0 Å². The van der Waals surface area contributed by atoms with Crippen molar-refractivity contribution in [2.24, 2.45) is 5.73 Å². The molecule has 1 heterocycles. The number of benzene rings is 1. The summed E-state index contributed by atoms with van der Waals surface area (Å²) in [5.41, 5.74) is 8.13. The summed E-state index contributed by atoms with van der Waals surface area (Å²) in [4.78, 5) is 13.2. The van der Waals surface area contributed by atoms with Crippen LogP contribution in [0, 0.1) is 0 Å². The number of amides is 1. The normalized spacial score (nSPS) is 12.1. The van der Waals surface area contributed by atoms with E-state index in [0.29, 0.717) is 13.0 Å². The smallest absolute Gasteiger partial charge is 0.237 e. The predicted molar refractivity (Wildman–Crippen MR) is 85.3 cm³/mol. The molecule has 0 fully saturated rings. The summed E-state index contributed by atoms with van der Waals surface area (Å²) in [7, 11) is 0. The molecule has 1 aromatic carbocycles. The van der Waals surface area contributed by atoms with E-state index in [1.807, 2.05) is 5.38 Å². The first-order valence-corrected chi connectivity index (χ1v) is 7.84. The first-order chi connectivity index (χ1) is 10.1. The van der Waals surface area contributed by atoms with Crippen LogP contribution in [0.2, 0.25) is 0 Å². The molecule has 4 N–H and O–H groups in total. The van der Waals surface area contributed by atoms with Crippen LogP contribution in [0.4, 0.5) is 0 Å². The van der Waals surface area contributed by atoms with Crippen molar-refractivity contribution >= 4 is 17.2 Å². The van der Waals surface area contributed by atoms with Gasteiger partial charge in [0.1, 0.15) is 5.75 Å². The van der Waals surface area contributed by atoms with E-state index in [-0.39, 0.29) is 11.7 Å². The van der Waals surface area contributed by atoms with Gasteiger partial charge in [0.15, 0.2) is 0 Å². The third-order valence-electron chi connectivity index (χ3n) is 3.37. The molecule has 4 nitrogen and oxygen atoms in total. The van der Waals surface area contributed by atoms with Crippen molar-refractivity contribution in [3.63, 3.8) is 0 Å². The molecule has 0 saturated heterocycles. The Morgan fingerprint density at radius 2 is 2.05 bits per heavy atom. The van der Waals surface area contributed by atoms with Crippen LogP contribution in [0.3, 0.4) is 0 Å². The highest BCUT2D eigenvalue weighted by atomic mass is 32.1. The molecule has 5 heteroatoms. The standard InChI is InChI=1S/C16H20N2O2S/c1-2-12-7-8-21-15(12)10-18-16(20)14(17)9-11-3-5-13(19)6-4-11/h3-8,14,19H,2,9-10,17H2,1H3,(H,18,20)/t14-/m1/s1. The van der Waals surface area contributed by atoms with E-state index in [2.05, 4.69) is 18.3 Å². The molecule has 0 bridgehead atoms. The Morgan fingerprint density at radius 1 is 1.33 bits per heavy atom. The Labute approximate surface area is 128 Å². The van der Waals surface area contributed by atoms with Gasteiger partial charge in [-0.2, -0.15) is 0 Å². The summed E-state index contributed by atoms with van der Waals surface area (Å²) >= 11 is 1.65. The van der Waals surface area contributed by atoms with Gasteiger partial charge in [-0.25, -0.2) is 0 Å². The Kier molecular flexibility index (Phi) is 5.36. The molecular weight excluding hydrogens is 284 g/mol. The predicted octanol–water partition coefficient (Wildman–Crippen LogP) is 2.20. The van der Waals surface area contributed by atoms with Crippen LogP contribution in [0.1, 0.15) is 22.9 Å². The quantitative estimate of drug-likeness (QED) is 0.766. The zero-order valence-electron chi connectivity index (χ0n) is 12.0. The molecular formula is C16H20N2O2S. The molecule has 0 spiro atoms. The summed E-state index contributed by atoms with van der Waals surface area (Å²) < 4.78 is 0. The number of thiophene rings is 1. The SMILES string of the molecule is CCc1ccsc1CNC(=O)[C@H](N)Cc1ccc(O)cc1. The van der Waals surface area contributed by atoms with Crippen molar-refractivity contribution in [2.75, 3.05) is 0 Å². The fourth-order valence-electron chi connectivity index (χ4n) is 2.11. The molecule has 1 amide bonds.